The van der Waals surface area contributed by atoms with Gasteiger partial charge in [-0.05, 0) is 43.3 Å². The molecule has 0 radical (unpaired) electrons. The van der Waals surface area contributed by atoms with E-state index in [4.69, 9.17) is 0 Å². The molecule has 0 aromatic heterocycles. The van der Waals surface area contributed by atoms with Crippen molar-refractivity contribution in [2.24, 2.45) is 0 Å². The van der Waals surface area contributed by atoms with Gasteiger partial charge in [0.1, 0.15) is 0 Å². The minimum atomic E-state index is -4.58. The Morgan fingerprint density at radius 2 is 1.57 bits per heavy atom. The maximum absolute atomic E-state index is 13.7. The van der Waals surface area contributed by atoms with Crippen molar-refractivity contribution in [3.05, 3.63) is 59.2 Å². The smallest absolute Gasteiger partial charge is 0.301 e. The molecule has 1 aliphatic heterocycles. The monoisotopic (exact) mass is 441 g/mol. The van der Waals surface area contributed by atoms with Crippen LogP contribution >= 0.6 is 0 Å². The van der Waals surface area contributed by atoms with Gasteiger partial charge in [0, 0.05) is 38.4 Å². The van der Waals surface area contributed by atoms with Gasteiger partial charge >= 0.3 is 6.18 Å². The van der Waals surface area contributed by atoms with Crippen LogP contribution in [0.25, 0.3) is 0 Å². The minimum absolute atomic E-state index is 0.000435. The summed E-state index contributed by atoms with van der Waals surface area (Å²) in [5.74, 6) is 0. The van der Waals surface area contributed by atoms with Gasteiger partial charge in [0.2, 0.25) is 0 Å². The topological polar surface area (TPSA) is 52.6 Å². The normalized spacial score (nSPS) is 16.6. The predicted octanol–water partition coefficient (Wildman–Crippen LogP) is 3.95. The molecule has 1 fully saturated rings. The third kappa shape index (κ3) is 5.53. The van der Waals surface area contributed by atoms with E-state index in [9.17, 15) is 21.6 Å². The predicted molar refractivity (Wildman–Crippen MR) is 111 cm³/mol. The van der Waals surface area contributed by atoms with Crippen molar-refractivity contribution in [3.8, 4) is 0 Å². The largest absolute Gasteiger partial charge is 0.416 e. The van der Waals surface area contributed by atoms with Crippen LogP contribution in [-0.2, 0) is 22.7 Å². The SMILES string of the molecule is CCN1CCN(Cc2ccc(NS(=O)(=O)c3ccc(C)cc3)cc2C(F)(F)F)CC1. The second kappa shape index (κ2) is 8.95. The minimum Gasteiger partial charge on any atom is -0.301 e. The molecule has 164 valence electrons. The zero-order valence-corrected chi connectivity index (χ0v) is 17.9. The van der Waals surface area contributed by atoms with Gasteiger partial charge in [0.05, 0.1) is 10.5 Å². The van der Waals surface area contributed by atoms with Crippen molar-refractivity contribution in [2.75, 3.05) is 37.4 Å². The summed E-state index contributed by atoms with van der Waals surface area (Å²) in [6.07, 6.45) is -4.58. The molecule has 1 saturated heterocycles. The molecule has 0 amide bonds. The number of hydrogen-bond donors (Lipinski definition) is 1. The van der Waals surface area contributed by atoms with E-state index >= 15 is 0 Å². The Labute approximate surface area is 175 Å². The first-order valence-corrected chi connectivity index (χ1v) is 11.3. The fourth-order valence-corrected chi connectivity index (χ4v) is 4.53. The Morgan fingerprint density at radius 3 is 2.13 bits per heavy atom. The summed E-state index contributed by atoms with van der Waals surface area (Å²) >= 11 is 0. The van der Waals surface area contributed by atoms with E-state index in [1.807, 2.05) is 11.8 Å². The molecule has 0 bridgehead atoms. The molecule has 0 saturated carbocycles. The lowest BCUT2D eigenvalue weighted by Gasteiger charge is -2.34. The second-order valence-corrected chi connectivity index (χ2v) is 9.18. The maximum Gasteiger partial charge on any atom is 0.416 e. The zero-order chi connectivity index (χ0) is 21.9. The van der Waals surface area contributed by atoms with E-state index in [2.05, 4.69) is 16.5 Å². The number of aryl methyl sites for hydroxylation is 1. The molecule has 1 aliphatic rings. The number of piperazine rings is 1. The molecule has 30 heavy (non-hydrogen) atoms. The van der Waals surface area contributed by atoms with Gasteiger partial charge in [-0.3, -0.25) is 9.62 Å². The third-order valence-corrected chi connectivity index (χ3v) is 6.70. The highest BCUT2D eigenvalue weighted by atomic mass is 32.2. The Balaban J connectivity index is 1.81. The van der Waals surface area contributed by atoms with Crippen LogP contribution in [0.1, 0.15) is 23.6 Å². The molecule has 1 N–H and O–H groups in total. The fraction of sp³-hybridized carbons (Fsp3) is 0.429. The summed E-state index contributed by atoms with van der Waals surface area (Å²) in [4.78, 5) is 4.25. The van der Waals surface area contributed by atoms with Crippen molar-refractivity contribution in [2.45, 2.75) is 31.5 Å². The number of sulfonamides is 1. The maximum atomic E-state index is 13.7. The molecule has 1 heterocycles. The van der Waals surface area contributed by atoms with Crippen LogP contribution < -0.4 is 4.72 Å². The molecule has 0 atom stereocenters. The lowest BCUT2D eigenvalue weighted by Crippen LogP contribution is -2.45. The number of rotatable bonds is 6. The molecular formula is C21H26F3N3O2S. The Bertz CT molecular complexity index is 968. The van der Waals surface area contributed by atoms with Crippen LogP contribution in [0, 0.1) is 6.92 Å². The van der Waals surface area contributed by atoms with Crippen LogP contribution in [0.5, 0.6) is 0 Å². The third-order valence-electron chi connectivity index (χ3n) is 5.30. The van der Waals surface area contributed by atoms with Crippen molar-refractivity contribution in [1.82, 2.24) is 9.80 Å². The van der Waals surface area contributed by atoms with Gasteiger partial charge < -0.3 is 4.90 Å². The first-order chi connectivity index (χ1) is 14.1. The van der Waals surface area contributed by atoms with E-state index in [-0.39, 0.29) is 22.7 Å². The zero-order valence-electron chi connectivity index (χ0n) is 17.0. The number of alkyl halides is 3. The first kappa shape index (κ1) is 22.6. The van der Waals surface area contributed by atoms with Crippen LogP contribution in [0.3, 0.4) is 0 Å². The summed E-state index contributed by atoms with van der Waals surface area (Å²) in [5, 5.41) is 0. The van der Waals surface area contributed by atoms with Gasteiger partial charge in [-0.1, -0.05) is 30.7 Å². The van der Waals surface area contributed by atoms with E-state index in [1.165, 1.54) is 24.3 Å². The summed E-state index contributed by atoms with van der Waals surface area (Å²) in [7, 11) is -3.97. The van der Waals surface area contributed by atoms with Crippen molar-refractivity contribution in [1.29, 1.82) is 0 Å². The highest BCUT2D eigenvalue weighted by molar-refractivity contribution is 7.92. The molecular weight excluding hydrogens is 415 g/mol. The number of hydrogen-bond acceptors (Lipinski definition) is 4. The summed E-state index contributed by atoms with van der Waals surface area (Å²) in [6.45, 7) is 8.04. The second-order valence-electron chi connectivity index (χ2n) is 7.50. The fourth-order valence-electron chi connectivity index (χ4n) is 3.48. The van der Waals surface area contributed by atoms with E-state index < -0.39 is 21.8 Å². The van der Waals surface area contributed by atoms with Gasteiger partial charge in [-0.25, -0.2) is 8.42 Å². The molecule has 9 heteroatoms. The lowest BCUT2D eigenvalue weighted by molar-refractivity contribution is -0.138. The van der Waals surface area contributed by atoms with Crippen LogP contribution in [-0.4, -0.2) is 50.9 Å². The van der Waals surface area contributed by atoms with Gasteiger partial charge in [-0.2, -0.15) is 13.2 Å². The standard InChI is InChI=1S/C21H26F3N3O2S/c1-3-26-10-12-27(13-11-26)15-17-6-7-18(14-20(17)21(22,23)24)25-30(28,29)19-8-4-16(2)5-9-19/h4-9,14,25H,3,10-13,15H2,1-2H3. The van der Waals surface area contributed by atoms with Gasteiger partial charge in [-0.15, -0.1) is 0 Å². The van der Waals surface area contributed by atoms with Crippen LogP contribution in [0.4, 0.5) is 18.9 Å². The number of likely N-dealkylation sites (N-methyl/N-ethyl adjacent to an activating group) is 1. The average Bonchev–Trinajstić information content (AvgIpc) is 2.69. The highest BCUT2D eigenvalue weighted by Crippen LogP contribution is 2.35. The van der Waals surface area contributed by atoms with E-state index in [0.717, 1.165) is 31.3 Å². The highest BCUT2D eigenvalue weighted by Gasteiger charge is 2.34. The average molecular weight is 442 g/mol. The van der Waals surface area contributed by atoms with Crippen molar-refractivity contribution >= 4 is 15.7 Å². The number of benzene rings is 2. The molecule has 2 aromatic rings. The Morgan fingerprint density at radius 1 is 0.967 bits per heavy atom. The Kier molecular flexibility index (Phi) is 6.74. The number of anilines is 1. The summed E-state index contributed by atoms with van der Waals surface area (Å²) in [6, 6.07) is 9.75. The summed E-state index contributed by atoms with van der Waals surface area (Å²) < 4.78 is 68.4. The first-order valence-electron chi connectivity index (χ1n) is 9.83. The van der Waals surface area contributed by atoms with Crippen molar-refractivity contribution in [3.63, 3.8) is 0 Å². The molecule has 5 nitrogen and oxygen atoms in total. The number of nitrogens with zero attached hydrogens (tertiary/aromatic N) is 2. The number of halogens is 3. The van der Waals surface area contributed by atoms with Crippen LogP contribution in [0.15, 0.2) is 47.4 Å². The van der Waals surface area contributed by atoms with E-state index in [1.54, 1.807) is 12.1 Å². The van der Waals surface area contributed by atoms with Gasteiger partial charge in [0.25, 0.3) is 10.0 Å². The molecule has 2 aromatic carbocycles. The number of nitrogens with one attached hydrogen (secondary N) is 1. The van der Waals surface area contributed by atoms with E-state index in [0.29, 0.717) is 13.1 Å². The molecule has 0 aliphatic carbocycles. The molecule has 3 rings (SSSR count). The quantitative estimate of drug-likeness (QED) is 0.738. The molecule has 0 unspecified atom stereocenters. The van der Waals surface area contributed by atoms with Gasteiger partial charge in [0.15, 0.2) is 0 Å². The lowest BCUT2D eigenvalue weighted by atomic mass is 10.1. The summed E-state index contributed by atoms with van der Waals surface area (Å²) in [5.41, 5.74) is 0.107. The van der Waals surface area contributed by atoms with Crippen LogP contribution in [0.2, 0.25) is 0 Å². The molecule has 0 spiro atoms. The van der Waals surface area contributed by atoms with Crippen molar-refractivity contribution < 1.29 is 21.6 Å². The Hall–Kier alpha value is -2.10.